The Labute approximate surface area is 690 Å². The van der Waals surface area contributed by atoms with Crippen molar-refractivity contribution in [1.29, 1.82) is 0 Å². The maximum atomic E-state index is 14.9. The summed E-state index contributed by atoms with van der Waals surface area (Å²) in [5.41, 5.74) is 0. The number of unbranched alkanes of at least 4 members (excludes halogenated alkanes) is 48. The summed E-state index contributed by atoms with van der Waals surface area (Å²) in [7, 11) is -5.58. The van der Waals surface area contributed by atoms with Crippen molar-refractivity contribution in [1.82, 2.24) is 10.6 Å². The van der Waals surface area contributed by atoms with Gasteiger partial charge in [-0.05, 0) is 57.8 Å². The molecule has 23 nitrogen and oxygen atoms in total. The van der Waals surface area contributed by atoms with Crippen LogP contribution >= 0.6 is 7.82 Å². The van der Waals surface area contributed by atoms with Crippen LogP contribution in [0, 0.1) is 0 Å². The predicted molar refractivity (Wildman–Crippen MR) is 450 cm³/mol. The number of rotatable bonds is 78. The molecule has 2 aliphatic heterocycles. The third kappa shape index (κ3) is 55.5. The van der Waals surface area contributed by atoms with Gasteiger partial charge >= 0.3 is 31.7 Å². The van der Waals surface area contributed by atoms with Gasteiger partial charge < -0.3 is 74.0 Å². The number of nitrogens with one attached hydrogen (secondary N) is 2. The molecule has 8 N–H and O–H groups in total. The van der Waals surface area contributed by atoms with Crippen molar-refractivity contribution in [2.75, 3.05) is 13.2 Å². The molecule has 670 valence electrons. The Morgan fingerprint density at radius 3 is 0.947 bits per heavy atom. The van der Waals surface area contributed by atoms with E-state index < -0.39 is 149 Å². The minimum atomic E-state index is -5.58. The Kier molecular flexibility index (Phi) is 66.8. The molecule has 24 heteroatoms. The number of hydrogen-bond donors (Lipinski definition) is 8. The highest BCUT2D eigenvalue weighted by Gasteiger charge is 2.53. The summed E-state index contributed by atoms with van der Waals surface area (Å²) in [6.45, 7) is 11.3. The van der Waals surface area contributed by atoms with Gasteiger partial charge in [0.15, 0.2) is 18.7 Å². The zero-order valence-corrected chi connectivity index (χ0v) is 73.6. The topological polar surface area (TPSA) is 339 Å². The van der Waals surface area contributed by atoms with Crippen molar-refractivity contribution in [3.8, 4) is 0 Å². The molecule has 0 radical (unpaired) electrons. The van der Waals surface area contributed by atoms with Crippen molar-refractivity contribution in [2.24, 2.45) is 0 Å². The highest BCUT2D eigenvalue weighted by molar-refractivity contribution is 7.46. The van der Waals surface area contributed by atoms with Crippen LogP contribution in [-0.4, -0.2) is 159 Å². The van der Waals surface area contributed by atoms with Gasteiger partial charge in [-0.15, -0.1) is 0 Å². The fraction of sp³-hybridized carbons (Fsp3) is 0.933. The van der Waals surface area contributed by atoms with E-state index in [1.807, 2.05) is 0 Å². The van der Waals surface area contributed by atoms with E-state index in [0.717, 1.165) is 180 Å². The lowest BCUT2D eigenvalue weighted by atomic mass is 9.95. The van der Waals surface area contributed by atoms with Crippen LogP contribution in [0.3, 0.4) is 0 Å². The van der Waals surface area contributed by atoms with E-state index in [1.54, 1.807) is 0 Å². The molecule has 0 bridgehead atoms. The SMILES string of the molecule is CCCCCCCCCCCC(=O)O[C@H](CCCCCCCCCCC)CC(=O)N[C@H]1[C@H](OC[C@H]2OC(O)[C@H](NC(=O)C[C@@H](CCCCCCCCCCC)OC(=O)CCCCCCCCCCC)[C@@H](O)[C@@H]2O)O[C@H](CO)[C@@H](OP(=O)(O)O)[C@@H]1OC(=O)C[C@@H](CCCCCCCCCCC)OC(=O)CCCCCCCCCCC. The van der Waals surface area contributed by atoms with Gasteiger partial charge in [0.25, 0.3) is 0 Å². The first-order chi connectivity index (χ1) is 55.2. The van der Waals surface area contributed by atoms with Crippen molar-refractivity contribution >= 4 is 43.5 Å². The van der Waals surface area contributed by atoms with E-state index in [4.69, 9.17) is 37.7 Å². The van der Waals surface area contributed by atoms with Crippen molar-refractivity contribution in [2.45, 2.75) is 526 Å². The van der Waals surface area contributed by atoms with E-state index in [1.165, 1.54) is 128 Å². The van der Waals surface area contributed by atoms with Crippen LogP contribution in [0.4, 0.5) is 0 Å². The first-order valence-corrected chi connectivity index (χ1v) is 48.4. The second-order valence-electron chi connectivity index (χ2n) is 33.3. The first-order valence-electron chi connectivity index (χ1n) is 46.9. The van der Waals surface area contributed by atoms with E-state index in [0.29, 0.717) is 51.4 Å². The molecule has 0 aromatic heterocycles. The van der Waals surface area contributed by atoms with E-state index in [9.17, 15) is 63.5 Å². The quantitative estimate of drug-likeness (QED) is 0.0121. The Morgan fingerprint density at radius 1 is 0.351 bits per heavy atom. The fourth-order valence-corrected chi connectivity index (χ4v) is 16.2. The lowest BCUT2D eigenvalue weighted by molar-refractivity contribution is -0.297. The molecule has 114 heavy (non-hydrogen) atoms. The molecule has 2 fully saturated rings. The number of aliphatic hydroxyl groups excluding tert-OH is 4. The zero-order chi connectivity index (χ0) is 83.5. The molecule has 0 aromatic rings. The van der Waals surface area contributed by atoms with Gasteiger partial charge in [0.1, 0.15) is 60.9 Å². The average Bonchev–Trinajstić information content (AvgIpc) is 0.786. The Morgan fingerprint density at radius 2 is 0.640 bits per heavy atom. The summed E-state index contributed by atoms with van der Waals surface area (Å²) in [6, 6.07) is -3.37. The normalized spacial score (nSPS) is 20.6. The van der Waals surface area contributed by atoms with Gasteiger partial charge in [0, 0.05) is 19.3 Å². The van der Waals surface area contributed by atoms with Gasteiger partial charge in [0.05, 0.1) is 32.5 Å². The predicted octanol–water partition coefficient (Wildman–Crippen LogP) is 19.9. The summed E-state index contributed by atoms with van der Waals surface area (Å²) >= 11 is 0. The maximum Gasteiger partial charge on any atom is 0.470 e. The molecule has 13 atom stereocenters. The molecular formula is C90H169N2O21P. The van der Waals surface area contributed by atoms with Gasteiger partial charge in [-0.2, -0.15) is 0 Å². The maximum absolute atomic E-state index is 14.9. The molecule has 0 saturated carbocycles. The first kappa shape index (κ1) is 107. The molecule has 0 aromatic carbocycles. The zero-order valence-electron chi connectivity index (χ0n) is 72.7. The Hall–Kier alpha value is -3.35. The number of aliphatic hydroxyl groups is 4. The van der Waals surface area contributed by atoms with E-state index >= 15 is 0 Å². The molecule has 2 amide bonds. The molecule has 2 rings (SSSR count). The summed E-state index contributed by atoms with van der Waals surface area (Å²) in [4.78, 5) is 106. The smallest absolute Gasteiger partial charge is 0.462 e. The minimum absolute atomic E-state index is 0.123. The second kappa shape index (κ2) is 71.4. The van der Waals surface area contributed by atoms with Crippen LogP contribution in [-0.2, 0) is 71.0 Å². The van der Waals surface area contributed by atoms with Gasteiger partial charge in [0.2, 0.25) is 11.8 Å². The van der Waals surface area contributed by atoms with Crippen LogP contribution < -0.4 is 10.6 Å². The summed E-state index contributed by atoms with van der Waals surface area (Å²) in [5.74, 6) is -3.86. The standard InChI is InChI=1S/C90H169N2O21P/c1-7-13-19-25-31-37-43-49-55-61-72(107-79(96)64-58-52-46-40-34-28-22-16-10-4)67-77(94)91-83-86(101)85(100)76(110-89(83)102)71-106-90-84(92-78(95)68-73(62-56-50-44-38-32-26-20-14-8-2)108-80(97)65-59-53-47-41-35-29-23-17-11-5)88(87(75(70-93)111-90)113-114(103,104)105)112-82(99)69-74(63-57-51-45-39-33-27-21-15-9-3)109-81(98)66-60-54-48-42-36-30-24-18-12-6/h72-76,83-90,93,100-102H,7-71H2,1-6H3,(H,91,94)(H,92,95)(H2,103,104,105)/t72-,73-,74-,75-,76-,83-,84-,85-,86-,87-,88-,89?,90-/m1/s1. The van der Waals surface area contributed by atoms with Gasteiger partial charge in [-0.25, -0.2) is 4.57 Å². The Bertz CT molecular complexity index is 2410. The summed E-state index contributed by atoms with van der Waals surface area (Å²) in [5, 5.41) is 51.6. The van der Waals surface area contributed by atoms with Crippen LogP contribution in [0.2, 0.25) is 0 Å². The number of amides is 2. The Balaban J connectivity index is 2.59. The minimum Gasteiger partial charge on any atom is -0.462 e. The summed E-state index contributed by atoms with van der Waals surface area (Å²) < 4.78 is 61.2. The largest absolute Gasteiger partial charge is 0.470 e. The number of hydrogen-bond acceptors (Lipinski definition) is 19. The number of carbonyl (C=O) groups excluding carboxylic acids is 6. The second-order valence-corrected chi connectivity index (χ2v) is 34.5. The van der Waals surface area contributed by atoms with Crippen molar-refractivity contribution in [3.05, 3.63) is 0 Å². The molecule has 1 unspecified atom stereocenters. The van der Waals surface area contributed by atoms with Crippen LogP contribution in [0.25, 0.3) is 0 Å². The lowest BCUT2D eigenvalue weighted by Crippen LogP contribution is -2.67. The van der Waals surface area contributed by atoms with E-state index in [-0.39, 0.29) is 32.1 Å². The number of carbonyl (C=O) groups is 6. The molecular weight excluding hydrogens is 1480 g/mol. The van der Waals surface area contributed by atoms with Gasteiger partial charge in [-0.3, -0.25) is 33.3 Å². The number of phosphoric acid groups is 1. The third-order valence-electron chi connectivity index (χ3n) is 22.6. The number of esters is 4. The number of ether oxygens (including phenoxy) is 7. The van der Waals surface area contributed by atoms with Crippen molar-refractivity contribution in [3.63, 3.8) is 0 Å². The van der Waals surface area contributed by atoms with Crippen LogP contribution in [0.1, 0.15) is 446 Å². The highest BCUT2D eigenvalue weighted by Crippen LogP contribution is 2.43. The van der Waals surface area contributed by atoms with Crippen LogP contribution in [0.5, 0.6) is 0 Å². The molecule has 2 saturated heterocycles. The van der Waals surface area contributed by atoms with Gasteiger partial charge in [-0.1, -0.05) is 350 Å². The molecule has 2 heterocycles. The fourth-order valence-electron chi connectivity index (χ4n) is 15.6. The molecule has 0 aliphatic carbocycles. The molecule has 2 aliphatic rings. The van der Waals surface area contributed by atoms with Crippen molar-refractivity contribution < 1.29 is 101 Å². The highest BCUT2D eigenvalue weighted by atomic mass is 31.2. The third-order valence-corrected chi connectivity index (χ3v) is 23.1. The van der Waals surface area contributed by atoms with Crippen LogP contribution in [0.15, 0.2) is 0 Å². The summed E-state index contributed by atoms with van der Waals surface area (Å²) in [6.07, 6.45) is 38.8. The average molecular weight is 1650 g/mol. The lowest BCUT2D eigenvalue weighted by Gasteiger charge is -2.46. The molecule has 0 spiro atoms. The monoisotopic (exact) mass is 1650 g/mol. The van der Waals surface area contributed by atoms with E-state index in [2.05, 4.69) is 52.2 Å². The number of phosphoric ester groups is 1.